The van der Waals surface area contributed by atoms with E-state index in [1.807, 2.05) is 30.3 Å². The van der Waals surface area contributed by atoms with Gasteiger partial charge in [0.05, 0.1) is 6.61 Å². The SMILES string of the molecule is O=C(N[C@@H](CO)c1nc(-c2nccc3ccccc23)no1)c1ccc(F)cc1. The molecule has 2 heterocycles. The third-order valence-electron chi connectivity index (χ3n) is 4.22. The average molecular weight is 378 g/mol. The summed E-state index contributed by atoms with van der Waals surface area (Å²) >= 11 is 0. The van der Waals surface area contributed by atoms with Crippen LogP contribution in [-0.2, 0) is 0 Å². The Morgan fingerprint density at radius 1 is 1.14 bits per heavy atom. The lowest BCUT2D eigenvalue weighted by Gasteiger charge is -2.12. The van der Waals surface area contributed by atoms with Crippen LogP contribution in [0.3, 0.4) is 0 Å². The number of nitrogens with zero attached hydrogens (tertiary/aromatic N) is 3. The Balaban J connectivity index is 1.60. The lowest BCUT2D eigenvalue weighted by atomic mass is 10.1. The molecule has 28 heavy (non-hydrogen) atoms. The van der Waals surface area contributed by atoms with E-state index in [0.29, 0.717) is 5.69 Å². The summed E-state index contributed by atoms with van der Waals surface area (Å²) in [7, 11) is 0. The van der Waals surface area contributed by atoms with Crippen LogP contribution < -0.4 is 5.32 Å². The van der Waals surface area contributed by atoms with Gasteiger partial charge in [0.25, 0.3) is 11.8 Å². The maximum absolute atomic E-state index is 13.0. The predicted octanol–water partition coefficient (Wildman–Crippen LogP) is 2.89. The molecule has 0 radical (unpaired) electrons. The van der Waals surface area contributed by atoms with E-state index in [2.05, 4.69) is 20.4 Å². The summed E-state index contributed by atoms with van der Waals surface area (Å²) in [5.74, 6) is -0.648. The van der Waals surface area contributed by atoms with Gasteiger partial charge in [-0.05, 0) is 35.7 Å². The zero-order valence-electron chi connectivity index (χ0n) is 14.5. The number of carbonyl (C=O) groups excluding carboxylic acids is 1. The monoisotopic (exact) mass is 378 g/mol. The fourth-order valence-electron chi connectivity index (χ4n) is 2.80. The number of carbonyl (C=O) groups is 1. The van der Waals surface area contributed by atoms with Crippen LogP contribution in [0.25, 0.3) is 22.3 Å². The summed E-state index contributed by atoms with van der Waals surface area (Å²) in [5.41, 5.74) is 0.782. The highest BCUT2D eigenvalue weighted by atomic mass is 19.1. The minimum atomic E-state index is -0.909. The van der Waals surface area contributed by atoms with Crippen molar-refractivity contribution >= 4 is 16.7 Å². The molecule has 140 valence electrons. The van der Waals surface area contributed by atoms with Crippen molar-refractivity contribution in [2.75, 3.05) is 6.61 Å². The zero-order valence-corrected chi connectivity index (χ0v) is 14.5. The molecule has 0 saturated heterocycles. The van der Waals surface area contributed by atoms with Crippen LogP contribution in [-0.4, -0.2) is 32.7 Å². The molecule has 7 nitrogen and oxygen atoms in total. The smallest absolute Gasteiger partial charge is 0.251 e. The van der Waals surface area contributed by atoms with Gasteiger partial charge in [-0.2, -0.15) is 4.98 Å². The van der Waals surface area contributed by atoms with Crippen LogP contribution in [0, 0.1) is 5.82 Å². The summed E-state index contributed by atoms with van der Waals surface area (Å²) in [6.45, 7) is -0.447. The first-order valence-electron chi connectivity index (χ1n) is 8.50. The third-order valence-corrected chi connectivity index (χ3v) is 4.22. The number of pyridine rings is 1. The van der Waals surface area contributed by atoms with Crippen molar-refractivity contribution in [3.63, 3.8) is 0 Å². The normalized spacial score (nSPS) is 12.1. The van der Waals surface area contributed by atoms with Crippen molar-refractivity contribution in [2.24, 2.45) is 0 Å². The summed E-state index contributed by atoms with van der Waals surface area (Å²) in [4.78, 5) is 20.9. The van der Waals surface area contributed by atoms with Crippen molar-refractivity contribution in [2.45, 2.75) is 6.04 Å². The molecular weight excluding hydrogens is 363 g/mol. The number of aliphatic hydroxyl groups excluding tert-OH is 1. The molecule has 0 aliphatic rings. The standard InChI is InChI=1S/C20H15FN4O3/c21-14-7-5-13(6-8-14)19(27)23-16(11-26)20-24-18(25-28-20)17-15-4-2-1-3-12(15)9-10-22-17/h1-10,16,26H,11H2,(H,23,27)/t16-/m0/s1. The van der Waals surface area contributed by atoms with Gasteiger partial charge in [0, 0.05) is 17.1 Å². The Labute approximate surface area is 158 Å². The van der Waals surface area contributed by atoms with E-state index in [-0.39, 0.29) is 17.3 Å². The molecule has 2 N–H and O–H groups in total. The number of benzene rings is 2. The second kappa shape index (κ2) is 7.53. The summed E-state index contributed by atoms with van der Waals surface area (Å²) in [5, 5.41) is 18.0. The van der Waals surface area contributed by atoms with Gasteiger partial charge in [-0.3, -0.25) is 9.78 Å². The van der Waals surface area contributed by atoms with Crippen LogP contribution in [0.2, 0.25) is 0 Å². The predicted molar refractivity (Wildman–Crippen MR) is 98.7 cm³/mol. The summed E-state index contributed by atoms with van der Waals surface area (Å²) in [6.07, 6.45) is 1.65. The highest BCUT2D eigenvalue weighted by Gasteiger charge is 2.22. The van der Waals surface area contributed by atoms with E-state index in [0.717, 1.165) is 10.8 Å². The number of aromatic nitrogens is 3. The topological polar surface area (TPSA) is 101 Å². The number of fused-ring (bicyclic) bond motifs is 1. The highest BCUT2D eigenvalue weighted by molar-refractivity contribution is 5.94. The van der Waals surface area contributed by atoms with Crippen LogP contribution in [0.5, 0.6) is 0 Å². The summed E-state index contributed by atoms with van der Waals surface area (Å²) < 4.78 is 18.2. The van der Waals surface area contributed by atoms with Crippen LogP contribution in [0.4, 0.5) is 4.39 Å². The minimum Gasteiger partial charge on any atom is -0.394 e. The molecule has 0 aliphatic carbocycles. The molecule has 1 amide bonds. The quantitative estimate of drug-likeness (QED) is 0.554. The van der Waals surface area contributed by atoms with Crippen molar-refractivity contribution in [1.29, 1.82) is 0 Å². The Morgan fingerprint density at radius 2 is 1.93 bits per heavy atom. The van der Waals surface area contributed by atoms with Gasteiger partial charge in [0.2, 0.25) is 5.82 Å². The van der Waals surface area contributed by atoms with Crippen LogP contribution in [0.1, 0.15) is 22.3 Å². The van der Waals surface area contributed by atoms with Crippen LogP contribution in [0.15, 0.2) is 65.3 Å². The largest absolute Gasteiger partial charge is 0.394 e. The molecular formula is C20H15FN4O3. The number of amides is 1. The zero-order chi connectivity index (χ0) is 19.5. The van der Waals surface area contributed by atoms with Crippen molar-refractivity contribution in [3.8, 4) is 11.5 Å². The van der Waals surface area contributed by atoms with Gasteiger partial charge in [-0.15, -0.1) is 0 Å². The lowest BCUT2D eigenvalue weighted by Crippen LogP contribution is -2.31. The lowest BCUT2D eigenvalue weighted by molar-refractivity contribution is 0.0901. The van der Waals surface area contributed by atoms with Crippen molar-refractivity contribution in [1.82, 2.24) is 20.4 Å². The molecule has 0 bridgehead atoms. The van der Waals surface area contributed by atoms with E-state index in [1.54, 1.807) is 6.20 Å². The first-order chi connectivity index (χ1) is 13.7. The molecule has 0 fully saturated rings. The average Bonchev–Trinajstić information content (AvgIpc) is 3.21. The Morgan fingerprint density at radius 3 is 2.71 bits per heavy atom. The van der Waals surface area contributed by atoms with Gasteiger partial charge < -0.3 is 14.9 Å². The minimum absolute atomic E-state index is 0.0442. The van der Waals surface area contributed by atoms with Gasteiger partial charge in [-0.25, -0.2) is 4.39 Å². The second-order valence-corrected chi connectivity index (χ2v) is 6.05. The van der Waals surface area contributed by atoms with E-state index in [9.17, 15) is 14.3 Å². The highest BCUT2D eigenvalue weighted by Crippen LogP contribution is 2.25. The van der Waals surface area contributed by atoms with E-state index in [4.69, 9.17) is 4.52 Å². The van der Waals surface area contributed by atoms with E-state index < -0.39 is 24.4 Å². The second-order valence-electron chi connectivity index (χ2n) is 6.05. The van der Waals surface area contributed by atoms with Gasteiger partial charge in [0.1, 0.15) is 17.6 Å². The maximum Gasteiger partial charge on any atom is 0.251 e. The number of hydrogen-bond donors (Lipinski definition) is 2. The Hall–Kier alpha value is -3.65. The first-order valence-corrected chi connectivity index (χ1v) is 8.50. The van der Waals surface area contributed by atoms with Crippen LogP contribution >= 0.6 is 0 Å². The molecule has 2 aromatic carbocycles. The van der Waals surface area contributed by atoms with E-state index in [1.165, 1.54) is 24.3 Å². The third kappa shape index (κ3) is 3.45. The number of hydrogen-bond acceptors (Lipinski definition) is 6. The molecule has 4 rings (SSSR count). The maximum atomic E-state index is 13.0. The number of halogens is 1. The fourth-order valence-corrected chi connectivity index (χ4v) is 2.80. The van der Waals surface area contributed by atoms with Crippen molar-refractivity contribution in [3.05, 3.63) is 78.1 Å². The molecule has 0 spiro atoms. The molecule has 0 saturated carbocycles. The Kier molecular flexibility index (Phi) is 4.77. The Bertz CT molecular complexity index is 1120. The van der Waals surface area contributed by atoms with Gasteiger partial charge >= 0.3 is 0 Å². The van der Waals surface area contributed by atoms with E-state index >= 15 is 0 Å². The molecule has 2 aromatic heterocycles. The molecule has 0 aliphatic heterocycles. The molecule has 8 heteroatoms. The molecule has 4 aromatic rings. The first kappa shape index (κ1) is 17.7. The molecule has 1 atom stereocenters. The fraction of sp³-hybridized carbons (Fsp3) is 0.100. The number of aliphatic hydroxyl groups is 1. The van der Waals surface area contributed by atoms with Gasteiger partial charge in [-0.1, -0.05) is 29.4 Å². The molecule has 0 unspecified atom stereocenters. The van der Waals surface area contributed by atoms with Gasteiger partial charge in [0.15, 0.2) is 0 Å². The number of nitrogens with one attached hydrogen (secondary N) is 1. The number of rotatable bonds is 5. The summed E-state index contributed by atoms with van der Waals surface area (Å²) in [6, 6.07) is 13.7. The van der Waals surface area contributed by atoms with Crippen molar-refractivity contribution < 1.29 is 18.8 Å².